The van der Waals surface area contributed by atoms with Gasteiger partial charge in [0.05, 0.1) is 18.2 Å². The summed E-state index contributed by atoms with van der Waals surface area (Å²) in [4.78, 5) is 29.6. The Morgan fingerprint density at radius 2 is 1.93 bits per heavy atom. The van der Waals surface area contributed by atoms with Gasteiger partial charge >= 0.3 is 12.0 Å². The Bertz CT molecular complexity index is 766. The molecule has 0 aromatic heterocycles. The van der Waals surface area contributed by atoms with Crippen molar-refractivity contribution in [3.8, 4) is 0 Å². The summed E-state index contributed by atoms with van der Waals surface area (Å²) in [6.07, 6.45) is 2.28. The van der Waals surface area contributed by atoms with Gasteiger partial charge in [0, 0.05) is 19.3 Å². The van der Waals surface area contributed by atoms with Gasteiger partial charge in [-0.05, 0) is 56.8 Å². The third-order valence-electron chi connectivity index (χ3n) is 5.82. The second-order valence-electron chi connectivity index (χ2n) is 7.84. The van der Waals surface area contributed by atoms with Crippen molar-refractivity contribution in [2.75, 3.05) is 33.3 Å². The first-order valence-electron chi connectivity index (χ1n) is 10.1. The molecule has 6 nitrogen and oxygen atoms in total. The van der Waals surface area contributed by atoms with E-state index in [1.807, 2.05) is 31.2 Å². The first-order chi connectivity index (χ1) is 13.4. The smallest absolute Gasteiger partial charge is 0.338 e. The van der Waals surface area contributed by atoms with Crippen LogP contribution < -0.4 is 5.32 Å². The number of likely N-dealkylation sites (N-methyl/N-ethyl adjacent to an activating group) is 1. The minimum absolute atomic E-state index is 0.193. The van der Waals surface area contributed by atoms with E-state index in [2.05, 4.69) is 17.1 Å². The zero-order chi connectivity index (χ0) is 20.3. The molecule has 0 aliphatic carbocycles. The fraction of sp³-hybridized carbons (Fsp3) is 0.545. The third kappa shape index (κ3) is 4.22. The van der Waals surface area contributed by atoms with Crippen LogP contribution in [-0.2, 0) is 9.53 Å². The number of esters is 1. The molecule has 0 saturated carbocycles. The highest BCUT2D eigenvalue weighted by atomic mass is 16.5. The lowest BCUT2D eigenvalue weighted by atomic mass is 9.91. The van der Waals surface area contributed by atoms with Crippen LogP contribution in [0.2, 0.25) is 0 Å². The Morgan fingerprint density at radius 1 is 1.25 bits per heavy atom. The van der Waals surface area contributed by atoms with E-state index >= 15 is 0 Å². The summed E-state index contributed by atoms with van der Waals surface area (Å²) in [5, 5.41) is 3.00. The van der Waals surface area contributed by atoms with Gasteiger partial charge in [-0.3, -0.25) is 9.80 Å². The fourth-order valence-electron chi connectivity index (χ4n) is 3.97. The number of rotatable bonds is 5. The molecular weight excluding hydrogens is 354 g/mol. The molecule has 2 amide bonds. The van der Waals surface area contributed by atoms with Gasteiger partial charge in [-0.25, -0.2) is 9.59 Å². The maximum absolute atomic E-state index is 13.0. The second kappa shape index (κ2) is 8.78. The molecule has 6 heteroatoms. The molecule has 1 fully saturated rings. The molecule has 2 heterocycles. The van der Waals surface area contributed by atoms with Crippen LogP contribution in [0.15, 0.2) is 35.5 Å². The van der Waals surface area contributed by atoms with Crippen molar-refractivity contribution in [3.05, 3.63) is 46.7 Å². The number of urea groups is 1. The molecule has 2 aliphatic heterocycles. The van der Waals surface area contributed by atoms with Crippen molar-refractivity contribution in [2.24, 2.45) is 5.92 Å². The Balaban J connectivity index is 2.03. The van der Waals surface area contributed by atoms with Gasteiger partial charge in [0.1, 0.15) is 0 Å². The molecule has 3 rings (SSSR count). The maximum Gasteiger partial charge on any atom is 0.338 e. The number of nitrogens with zero attached hydrogens (tertiary/aromatic N) is 2. The SMILES string of the molecule is CCOC(=O)C1=C(CN2CCC(C)CC2)N(C)C(=O)N[C@H]1c1ccccc1C. The van der Waals surface area contributed by atoms with Crippen LogP contribution in [0.25, 0.3) is 0 Å². The van der Waals surface area contributed by atoms with Crippen LogP contribution in [-0.4, -0.2) is 55.1 Å². The largest absolute Gasteiger partial charge is 0.463 e. The highest BCUT2D eigenvalue weighted by Gasteiger charge is 2.38. The van der Waals surface area contributed by atoms with Crippen LogP contribution in [0.5, 0.6) is 0 Å². The van der Waals surface area contributed by atoms with Crippen molar-refractivity contribution in [2.45, 2.75) is 39.7 Å². The van der Waals surface area contributed by atoms with Crippen LogP contribution in [0.3, 0.4) is 0 Å². The number of amides is 2. The molecule has 1 aromatic carbocycles. The molecule has 0 unspecified atom stereocenters. The van der Waals surface area contributed by atoms with Gasteiger partial charge in [0.15, 0.2) is 0 Å². The summed E-state index contributed by atoms with van der Waals surface area (Å²) in [7, 11) is 1.73. The van der Waals surface area contributed by atoms with Crippen LogP contribution >= 0.6 is 0 Å². The van der Waals surface area contributed by atoms with E-state index in [1.165, 1.54) is 0 Å². The number of ether oxygens (including phenoxy) is 1. The van der Waals surface area contributed by atoms with Crippen molar-refractivity contribution in [1.82, 2.24) is 15.1 Å². The van der Waals surface area contributed by atoms with Gasteiger partial charge in [-0.2, -0.15) is 0 Å². The number of hydrogen-bond acceptors (Lipinski definition) is 4. The van der Waals surface area contributed by atoms with Gasteiger partial charge in [-0.15, -0.1) is 0 Å². The topological polar surface area (TPSA) is 61.9 Å². The summed E-state index contributed by atoms with van der Waals surface area (Å²) in [5.74, 6) is 0.366. The highest BCUT2D eigenvalue weighted by molar-refractivity contribution is 5.95. The lowest BCUT2D eigenvalue weighted by Gasteiger charge is -2.38. The predicted molar refractivity (Wildman–Crippen MR) is 109 cm³/mol. The Morgan fingerprint density at radius 3 is 2.57 bits per heavy atom. The molecule has 1 atom stereocenters. The van der Waals surface area contributed by atoms with Crippen molar-refractivity contribution in [3.63, 3.8) is 0 Å². The zero-order valence-corrected chi connectivity index (χ0v) is 17.3. The molecule has 0 spiro atoms. The monoisotopic (exact) mass is 385 g/mol. The minimum Gasteiger partial charge on any atom is -0.463 e. The number of hydrogen-bond donors (Lipinski definition) is 1. The second-order valence-corrected chi connectivity index (χ2v) is 7.84. The van der Waals surface area contributed by atoms with E-state index in [-0.39, 0.29) is 12.0 Å². The van der Waals surface area contributed by atoms with E-state index in [1.54, 1.807) is 18.9 Å². The summed E-state index contributed by atoms with van der Waals surface area (Å²) < 4.78 is 5.40. The molecule has 28 heavy (non-hydrogen) atoms. The average molecular weight is 386 g/mol. The number of carbonyl (C=O) groups is 2. The molecule has 152 valence electrons. The number of benzene rings is 1. The number of aryl methyl sites for hydroxylation is 1. The number of likely N-dealkylation sites (tertiary alicyclic amines) is 1. The highest BCUT2D eigenvalue weighted by Crippen LogP contribution is 2.33. The third-order valence-corrected chi connectivity index (χ3v) is 5.82. The lowest BCUT2D eigenvalue weighted by molar-refractivity contribution is -0.139. The van der Waals surface area contributed by atoms with Gasteiger partial charge < -0.3 is 10.1 Å². The van der Waals surface area contributed by atoms with Crippen molar-refractivity contribution in [1.29, 1.82) is 0 Å². The first kappa shape index (κ1) is 20.4. The number of carbonyl (C=O) groups excluding carboxylic acids is 2. The van der Waals surface area contributed by atoms with Crippen molar-refractivity contribution >= 4 is 12.0 Å². The van der Waals surface area contributed by atoms with Crippen LogP contribution in [0, 0.1) is 12.8 Å². The van der Waals surface area contributed by atoms with E-state index in [0.29, 0.717) is 18.7 Å². The summed E-state index contributed by atoms with van der Waals surface area (Å²) >= 11 is 0. The van der Waals surface area contributed by atoms with Gasteiger partial charge in [0.25, 0.3) is 0 Å². The fourth-order valence-corrected chi connectivity index (χ4v) is 3.97. The molecule has 0 bridgehead atoms. The van der Waals surface area contributed by atoms with E-state index in [0.717, 1.165) is 48.7 Å². The number of nitrogens with one attached hydrogen (secondary N) is 1. The Kier molecular flexibility index (Phi) is 6.39. The van der Waals surface area contributed by atoms with Gasteiger partial charge in [-0.1, -0.05) is 31.2 Å². The normalized spacial score (nSPS) is 21.6. The van der Waals surface area contributed by atoms with E-state index < -0.39 is 6.04 Å². The predicted octanol–water partition coefficient (Wildman–Crippen LogP) is 3.24. The molecular formula is C22H31N3O3. The quantitative estimate of drug-likeness (QED) is 0.791. The van der Waals surface area contributed by atoms with E-state index in [4.69, 9.17) is 4.74 Å². The van der Waals surface area contributed by atoms with Crippen molar-refractivity contribution < 1.29 is 14.3 Å². The first-order valence-corrected chi connectivity index (χ1v) is 10.1. The molecule has 1 N–H and O–H groups in total. The van der Waals surface area contributed by atoms with E-state index in [9.17, 15) is 9.59 Å². The van der Waals surface area contributed by atoms with Crippen LogP contribution in [0.4, 0.5) is 4.79 Å². The molecule has 1 saturated heterocycles. The Labute approximate surface area is 167 Å². The molecule has 1 aromatic rings. The Hall–Kier alpha value is -2.34. The minimum atomic E-state index is -0.498. The lowest BCUT2D eigenvalue weighted by Crippen LogP contribution is -2.50. The molecule has 0 radical (unpaired) electrons. The average Bonchev–Trinajstić information content (AvgIpc) is 2.67. The van der Waals surface area contributed by atoms with Crippen LogP contribution in [0.1, 0.15) is 43.9 Å². The molecule has 2 aliphatic rings. The summed E-state index contributed by atoms with van der Waals surface area (Å²) in [6, 6.07) is 7.16. The zero-order valence-electron chi connectivity index (χ0n) is 17.3. The standard InChI is InChI=1S/C22H31N3O3/c1-5-28-21(26)19-18(14-25-12-10-15(2)11-13-25)24(4)22(27)23-20(19)17-9-7-6-8-16(17)3/h6-9,15,20H,5,10-14H2,1-4H3,(H,23,27)/t20-/m0/s1. The van der Waals surface area contributed by atoms with Gasteiger partial charge in [0.2, 0.25) is 0 Å². The summed E-state index contributed by atoms with van der Waals surface area (Å²) in [5.41, 5.74) is 3.24. The number of piperidine rings is 1. The summed E-state index contributed by atoms with van der Waals surface area (Å²) in [6.45, 7) is 8.90. The maximum atomic E-state index is 13.0.